The van der Waals surface area contributed by atoms with Crippen LogP contribution in [0.2, 0.25) is 19.6 Å². The van der Waals surface area contributed by atoms with Crippen molar-refractivity contribution >= 4 is 8.07 Å². The second kappa shape index (κ2) is 6.31. The summed E-state index contributed by atoms with van der Waals surface area (Å²) in [5.41, 5.74) is 6.19. The van der Waals surface area contributed by atoms with Gasteiger partial charge in [0.25, 0.3) is 0 Å². The van der Waals surface area contributed by atoms with E-state index in [1.807, 2.05) is 0 Å². The number of dihydropyridines is 1. The SMILES string of the molecule is CC1=C(CC(C)(C)C)C([Si](C)(C)C)=CNC1c1ccccc1C. The van der Waals surface area contributed by atoms with Crippen molar-refractivity contribution in [3.8, 4) is 0 Å². The first-order valence-electron chi connectivity index (χ1n) is 8.73. The predicted molar refractivity (Wildman–Crippen MR) is 105 cm³/mol. The summed E-state index contributed by atoms with van der Waals surface area (Å²) >= 11 is 0. The molecule has 1 aliphatic rings. The Labute approximate surface area is 143 Å². The maximum atomic E-state index is 3.71. The molecule has 0 fully saturated rings. The van der Waals surface area contributed by atoms with Crippen LogP contribution in [0, 0.1) is 12.3 Å². The first kappa shape index (κ1) is 18.1. The van der Waals surface area contributed by atoms with Crippen LogP contribution in [0.25, 0.3) is 0 Å². The second-order valence-corrected chi connectivity index (χ2v) is 14.2. The molecule has 1 aromatic rings. The Morgan fingerprint density at radius 2 is 1.65 bits per heavy atom. The van der Waals surface area contributed by atoms with Crippen LogP contribution in [0.5, 0.6) is 0 Å². The number of nitrogens with one attached hydrogen (secondary N) is 1. The van der Waals surface area contributed by atoms with E-state index < -0.39 is 8.07 Å². The topological polar surface area (TPSA) is 12.0 Å². The fourth-order valence-electron chi connectivity index (χ4n) is 3.43. The van der Waals surface area contributed by atoms with Crippen molar-refractivity contribution in [2.45, 2.75) is 66.7 Å². The molecule has 23 heavy (non-hydrogen) atoms. The second-order valence-electron chi connectivity index (χ2n) is 9.16. The molecule has 0 spiro atoms. The molecule has 1 atom stereocenters. The summed E-state index contributed by atoms with van der Waals surface area (Å²) in [6.07, 6.45) is 3.48. The first-order chi connectivity index (χ1) is 10.5. The molecule has 1 aliphatic heterocycles. The molecule has 0 aliphatic carbocycles. The third-order valence-corrected chi connectivity index (χ3v) is 6.71. The average molecular weight is 328 g/mol. The minimum atomic E-state index is -1.36. The van der Waals surface area contributed by atoms with Crippen molar-refractivity contribution in [1.29, 1.82) is 0 Å². The van der Waals surface area contributed by atoms with Crippen molar-refractivity contribution in [2.75, 3.05) is 0 Å². The summed E-state index contributed by atoms with van der Waals surface area (Å²) in [7, 11) is -1.36. The smallest absolute Gasteiger partial charge is 0.0798 e. The maximum Gasteiger partial charge on any atom is 0.0798 e. The van der Waals surface area contributed by atoms with Crippen molar-refractivity contribution in [3.63, 3.8) is 0 Å². The largest absolute Gasteiger partial charge is 0.380 e. The van der Waals surface area contributed by atoms with Gasteiger partial charge in [-0.2, -0.15) is 0 Å². The number of benzene rings is 1. The molecular weight excluding hydrogens is 294 g/mol. The van der Waals surface area contributed by atoms with Gasteiger partial charge >= 0.3 is 0 Å². The van der Waals surface area contributed by atoms with Gasteiger partial charge in [0.2, 0.25) is 0 Å². The van der Waals surface area contributed by atoms with Crippen LogP contribution in [-0.2, 0) is 0 Å². The summed E-state index contributed by atoms with van der Waals surface area (Å²) < 4.78 is 0. The lowest BCUT2D eigenvalue weighted by molar-refractivity contribution is 0.408. The third kappa shape index (κ3) is 4.17. The van der Waals surface area contributed by atoms with Crippen LogP contribution < -0.4 is 5.32 Å². The summed E-state index contributed by atoms with van der Waals surface area (Å²) in [5.74, 6) is 0. The third-order valence-electron chi connectivity index (χ3n) is 4.64. The number of hydrogen-bond acceptors (Lipinski definition) is 1. The quantitative estimate of drug-likeness (QED) is 0.656. The minimum absolute atomic E-state index is 0.308. The van der Waals surface area contributed by atoms with E-state index in [0.717, 1.165) is 6.42 Å². The number of rotatable bonds is 3. The fourth-order valence-corrected chi connectivity index (χ4v) is 5.14. The average Bonchev–Trinajstić information content (AvgIpc) is 2.39. The highest BCUT2D eigenvalue weighted by molar-refractivity contribution is 6.84. The summed E-state index contributed by atoms with van der Waals surface area (Å²) in [6, 6.07) is 9.07. The number of hydrogen-bond donors (Lipinski definition) is 1. The lowest BCUT2D eigenvalue weighted by Gasteiger charge is -2.36. The van der Waals surface area contributed by atoms with Crippen LogP contribution >= 0.6 is 0 Å². The van der Waals surface area contributed by atoms with Crippen LogP contribution in [-0.4, -0.2) is 8.07 Å². The summed E-state index contributed by atoms with van der Waals surface area (Å²) in [6.45, 7) is 18.9. The van der Waals surface area contributed by atoms with Gasteiger partial charge in [0.15, 0.2) is 0 Å². The standard InChI is InChI=1S/C21H33NSi/c1-15-11-9-10-12-17(15)20-16(2)18(13-21(3,4)5)19(14-22-20)23(6,7)8/h9-12,14,20,22H,13H2,1-8H3. The van der Waals surface area contributed by atoms with Crippen molar-refractivity contribution in [1.82, 2.24) is 5.32 Å². The van der Waals surface area contributed by atoms with Crippen molar-refractivity contribution in [3.05, 3.63) is 57.9 Å². The Morgan fingerprint density at radius 1 is 1.04 bits per heavy atom. The Balaban J connectivity index is 2.52. The Bertz CT molecular complexity index is 639. The molecule has 0 aromatic heterocycles. The van der Waals surface area contributed by atoms with Gasteiger partial charge in [-0.25, -0.2) is 0 Å². The van der Waals surface area contributed by atoms with Crippen LogP contribution in [0.4, 0.5) is 0 Å². The molecule has 0 bridgehead atoms. The van der Waals surface area contributed by atoms with Crippen LogP contribution in [0.1, 0.15) is 51.3 Å². The van der Waals surface area contributed by atoms with Gasteiger partial charge in [-0.3, -0.25) is 0 Å². The minimum Gasteiger partial charge on any atom is -0.380 e. The van der Waals surface area contributed by atoms with Crippen molar-refractivity contribution in [2.24, 2.45) is 5.41 Å². The normalized spacial score (nSPS) is 19.5. The van der Waals surface area contributed by atoms with Crippen LogP contribution in [0.15, 0.2) is 46.8 Å². The molecule has 1 aromatic carbocycles. The monoisotopic (exact) mass is 327 g/mol. The predicted octanol–water partition coefficient (Wildman–Crippen LogP) is 6.15. The zero-order valence-electron chi connectivity index (χ0n) is 16.2. The number of aryl methyl sites for hydroxylation is 1. The van der Waals surface area contributed by atoms with E-state index in [1.165, 1.54) is 16.7 Å². The Hall–Kier alpha value is -1.28. The molecule has 1 nitrogen and oxygen atoms in total. The van der Waals surface area contributed by atoms with E-state index in [9.17, 15) is 0 Å². The van der Waals surface area contributed by atoms with Crippen molar-refractivity contribution < 1.29 is 0 Å². The maximum absolute atomic E-state index is 3.71. The first-order valence-corrected chi connectivity index (χ1v) is 12.2. The zero-order valence-corrected chi connectivity index (χ0v) is 17.2. The highest BCUT2D eigenvalue weighted by Crippen LogP contribution is 2.40. The van der Waals surface area contributed by atoms with Gasteiger partial charge in [0.1, 0.15) is 0 Å². The van der Waals surface area contributed by atoms with Gasteiger partial charge in [-0.1, -0.05) is 64.7 Å². The molecule has 2 rings (SSSR count). The molecule has 0 amide bonds. The van der Waals surface area contributed by atoms with E-state index >= 15 is 0 Å². The van der Waals surface area contributed by atoms with E-state index in [4.69, 9.17) is 0 Å². The summed E-state index contributed by atoms with van der Waals surface area (Å²) in [5, 5.41) is 5.31. The lowest BCUT2D eigenvalue weighted by Crippen LogP contribution is -2.34. The van der Waals surface area contributed by atoms with Gasteiger partial charge < -0.3 is 5.32 Å². The van der Waals surface area contributed by atoms with E-state index in [2.05, 4.69) is 90.0 Å². The highest BCUT2D eigenvalue weighted by atomic mass is 28.3. The van der Waals surface area contributed by atoms with E-state index in [0.29, 0.717) is 11.5 Å². The van der Waals surface area contributed by atoms with E-state index in [1.54, 1.807) is 10.8 Å². The molecule has 0 saturated carbocycles. The molecule has 1 unspecified atom stereocenters. The molecule has 0 radical (unpaired) electrons. The van der Waals surface area contributed by atoms with Crippen LogP contribution in [0.3, 0.4) is 0 Å². The van der Waals surface area contributed by atoms with Gasteiger partial charge in [-0.15, -0.1) is 0 Å². The molecule has 126 valence electrons. The molecule has 2 heteroatoms. The Kier molecular flexibility index (Phi) is 4.96. The fraction of sp³-hybridized carbons (Fsp3) is 0.524. The Morgan fingerprint density at radius 3 is 2.17 bits per heavy atom. The molecule has 0 saturated heterocycles. The van der Waals surface area contributed by atoms with E-state index in [-0.39, 0.29) is 0 Å². The lowest BCUT2D eigenvalue weighted by atomic mass is 9.82. The highest BCUT2D eigenvalue weighted by Gasteiger charge is 2.32. The van der Waals surface area contributed by atoms with Gasteiger partial charge in [0.05, 0.1) is 14.1 Å². The van der Waals surface area contributed by atoms with Gasteiger partial charge in [0, 0.05) is 0 Å². The summed E-state index contributed by atoms with van der Waals surface area (Å²) in [4.78, 5) is 0. The van der Waals surface area contributed by atoms with Gasteiger partial charge in [-0.05, 0) is 59.4 Å². The number of allylic oxidation sites excluding steroid dienone is 2. The zero-order chi connectivity index (χ0) is 17.4. The molecule has 1 heterocycles. The molecule has 1 N–H and O–H groups in total. The molecular formula is C21H33NSi.